The number of nitrogens with one attached hydrogen (secondary N) is 1. The lowest BCUT2D eigenvalue weighted by Gasteiger charge is -2.33. The topological polar surface area (TPSA) is 66.1 Å². The van der Waals surface area contributed by atoms with E-state index in [2.05, 4.69) is 22.1 Å². The van der Waals surface area contributed by atoms with Crippen LogP contribution in [0.25, 0.3) is 0 Å². The molecule has 5 heteroatoms. The van der Waals surface area contributed by atoms with Gasteiger partial charge in [-0.2, -0.15) is 0 Å². The Morgan fingerprint density at radius 2 is 1.92 bits per heavy atom. The van der Waals surface area contributed by atoms with Crippen molar-refractivity contribution in [3.63, 3.8) is 0 Å². The quantitative estimate of drug-likeness (QED) is 0.906. The van der Waals surface area contributed by atoms with E-state index in [1.807, 2.05) is 23.1 Å². The summed E-state index contributed by atoms with van der Waals surface area (Å²) < 4.78 is 0. The third-order valence-electron chi connectivity index (χ3n) is 6.87. The van der Waals surface area contributed by atoms with Crippen molar-refractivity contribution in [2.24, 2.45) is 5.41 Å². The Balaban J connectivity index is 1.51. The van der Waals surface area contributed by atoms with Crippen molar-refractivity contribution in [1.29, 1.82) is 0 Å². The van der Waals surface area contributed by atoms with Gasteiger partial charge >= 0.3 is 0 Å². The molecule has 5 nitrogen and oxygen atoms in total. The van der Waals surface area contributed by atoms with Crippen LogP contribution in [0.5, 0.6) is 0 Å². The number of aromatic nitrogens is 2. The molecule has 0 saturated heterocycles. The Bertz CT molecular complexity index is 914. The molecule has 2 aromatic rings. The molecule has 3 aliphatic rings. The fraction of sp³-hybridized carbons (Fsp3) is 0.476. The van der Waals surface area contributed by atoms with Crippen LogP contribution in [0.1, 0.15) is 48.9 Å². The van der Waals surface area contributed by atoms with Gasteiger partial charge in [0, 0.05) is 12.1 Å². The molecule has 1 aliphatic heterocycles. The third-order valence-corrected chi connectivity index (χ3v) is 6.87. The molecule has 1 spiro atoms. The summed E-state index contributed by atoms with van der Waals surface area (Å²) in [4.78, 5) is 34.6. The van der Waals surface area contributed by atoms with Crippen LogP contribution in [-0.4, -0.2) is 27.3 Å². The van der Waals surface area contributed by atoms with Crippen molar-refractivity contribution in [3.05, 3.63) is 63.8 Å². The van der Waals surface area contributed by atoms with Gasteiger partial charge in [-0.15, -0.1) is 0 Å². The zero-order chi connectivity index (χ0) is 17.8. The Morgan fingerprint density at radius 1 is 1.15 bits per heavy atom. The number of carbonyl (C=O) groups excluding carboxylic acids is 1. The minimum absolute atomic E-state index is 0.0708. The summed E-state index contributed by atoms with van der Waals surface area (Å²) in [5, 5.41) is 0. The van der Waals surface area contributed by atoms with Gasteiger partial charge in [0.15, 0.2) is 0 Å². The molecule has 2 fully saturated rings. The first-order chi connectivity index (χ1) is 12.7. The van der Waals surface area contributed by atoms with Gasteiger partial charge in [-0.3, -0.25) is 9.59 Å². The van der Waals surface area contributed by atoms with Crippen molar-refractivity contribution >= 4 is 5.91 Å². The Morgan fingerprint density at radius 3 is 2.69 bits per heavy atom. The van der Waals surface area contributed by atoms with Crippen LogP contribution in [0.4, 0.5) is 0 Å². The fourth-order valence-corrected chi connectivity index (χ4v) is 5.48. The highest BCUT2D eigenvalue weighted by Crippen LogP contribution is 2.72. The van der Waals surface area contributed by atoms with Gasteiger partial charge in [0.25, 0.3) is 5.56 Å². The zero-order valence-corrected chi connectivity index (χ0v) is 14.8. The number of carbonyl (C=O) groups is 1. The highest BCUT2D eigenvalue weighted by atomic mass is 16.2. The number of amides is 1. The van der Waals surface area contributed by atoms with Crippen molar-refractivity contribution in [1.82, 2.24) is 14.9 Å². The van der Waals surface area contributed by atoms with Crippen LogP contribution in [0.2, 0.25) is 0 Å². The van der Waals surface area contributed by atoms with E-state index in [-0.39, 0.29) is 22.3 Å². The molecule has 26 heavy (non-hydrogen) atoms. The predicted octanol–water partition coefficient (Wildman–Crippen LogP) is 2.56. The Kier molecular flexibility index (Phi) is 3.36. The number of nitrogens with zero attached hydrogens (tertiary/aromatic N) is 2. The lowest BCUT2D eigenvalue weighted by molar-refractivity contribution is -0.136. The van der Waals surface area contributed by atoms with Crippen LogP contribution < -0.4 is 5.56 Å². The second-order valence-corrected chi connectivity index (χ2v) is 8.07. The lowest BCUT2D eigenvalue weighted by atomic mass is 9.83. The Labute approximate surface area is 152 Å². The van der Waals surface area contributed by atoms with Gasteiger partial charge in [-0.1, -0.05) is 43.2 Å². The molecule has 1 atom stereocenters. The van der Waals surface area contributed by atoms with Gasteiger partial charge in [-0.25, -0.2) is 4.98 Å². The molecule has 5 rings (SSSR count). The Hall–Kier alpha value is -2.43. The van der Waals surface area contributed by atoms with Gasteiger partial charge in [0.2, 0.25) is 5.91 Å². The van der Waals surface area contributed by atoms with E-state index in [9.17, 15) is 9.59 Å². The molecule has 1 aromatic carbocycles. The maximum absolute atomic E-state index is 13.8. The minimum Gasteiger partial charge on any atom is -0.336 e. The number of H-pyrrole nitrogens is 1. The van der Waals surface area contributed by atoms with E-state index in [0.29, 0.717) is 19.5 Å². The average molecular weight is 349 g/mol. The minimum atomic E-state index is -0.372. The van der Waals surface area contributed by atoms with E-state index in [4.69, 9.17) is 0 Å². The summed E-state index contributed by atoms with van der Waals surface area (Å²) in [6.07, 6.45) is 7.74. The lowest BCUT2D eigenvalue weighted by Crippen LogP contribution is -2.45. The number of aromatic amines is 1. The summed E-state index contributed by atoms with van der Waals surface area (Å²) in [5.74, 6) is 0.235. The first-order valence-electron chi connectivity index (χ1n) is 9.57. The molecule has 0 bridgehead atoms. The molecule has 134 valence electrons. The van der Waals surface area contributed by atoms with Crippen LogP contribution in [-0.2, 0) is 23.2 Å². The standard InChI is InChI=1S/C21H23N3O2/c25-18-16-8-11-24(12-17(16)22-14-23-18)19(26)21(15-6-2-1-3-7-15)13-20(21)9-4-5-10-20/h1-3,6-7,14H,4-5,8-13H2,(H,22,23,25)/t21-/m1/s1. The van der Waals surface area contributed by atoms with Crippen LogP contribution in [0, 0.1) is 5.41 Å². The smallest absolute Gasteiger partial charge is 0.254 e. The van der Waals surface area contributed by atoms with Gasteiger partial charge in [0.05, 0.1) is 24.0 Å². The van der Waals surface area contributed by atoms with Crippen molar-refractivity contribution in [3.8, 4) is 0 Å². The normalized spacial score (nSPS) is 25.9. The fourth-order valence-electron chi connectivity index (χ4n) is 5.48. The van der Waals surface area contributed by atoms with Crippen LogP contribution in [0.15, 0.2) is 41.5 Å². The number of fused-ring (bicyclic) bond motifs is 1. The second kappa shape index (κ2) is 5.53. The molecule has 2 heterocycles. The van der Waals surface area contributed by atoms with Gasteiger partial charge in [-0.05, 0) is 36.7 Å². The summed E-state index contributed by atoms with van der Waals surface area (Å²) in [7, 11) is 0. The van der Waals surface area contributed by atoms with Gasteiger partial charge < -0.3 is 9.88 Å². The highest BCUT2D eigenvalue weighted by molar-refractivity contribution is 5.93. The molecule has 1 amide bonds. The molecule has 2 aliphatic carbocycles. The first kappa shape index (κ1) is 15.8. The number of benzene rings is 1. The summed E-state index contributed by atoms with van der Waals surface area (Å²) in [6.45, 7) is 1.05. The van der Waals surface area contributed by atoms with E-state index in [0.717, 1.165) is 36.1 Å². The number of rotatable bonds is 2. The monoisotopic (exact) mass is 349 g/mol. The summed E-state index contributed by atoms with van der Waals surface area (Å²) in [6, 6.07) is 10.3. The van der Waals surface area contributed by atoms with E-state index < -0.39 is 0 Å². The molecule has 1 N–H and O–H groups in total. The van der Waals surface area contributed by atoms with Crippen molar-refractivity contribution in [2.45, 2.75) is 50.5 Å². The molecular formula is C21H23N3O2. The van der Waals surface area contributed by atoms with E-state index >= 15 is 0 Å². The highest BCUT2D eigenvalue weighted by Gasteiger charge is 2.73. The molecule has 1 aromatic heterocycles. The second-order valence-electron chi connectivity index (χ2n) is 8.07. The molecule has 0 radical (unpaired) electrons. The van der Waals surface area contributed by atoms with Crippen molar-refractivity contribution in [2.75, 3.05) is 6.54 Å². The largest absolute Gasteiger partial charge is 0.336 e. The maximum Gasteiger partial charge on any atom is 0.254 e. The number of hydrogen-bond acceptors (Lipinski definition) is 3. The van der Waals surface area contributed by atoms with E-state index in [1.165, 1.54) is 19.2 Å². The van der Waals surface area contributed by atoms with E-state index in [1.54, 1.807) is 0 Å². The summed E-state index contributed by atoms with van der Waals surface area (Å²) >= 11 is 0. The molecule has 2 saturated carbocycles. The van der Waals surface area contributed by atoms with Gasteiger partial charge in [0.1, 0.15) is 0 Å². The maximum atomic E-state index is 13.8. The van der Waals surface area contributed by atoms with Crippen LogP contribution >= 0.6 is 0 Å². The molecular weight excluding hydrogens is 326 g/mol. The summed E-state index contributed by atoms with van der Waals surface area (Å²) in [5.41, 5.74) is 2.35. The predicted molar refractivity (Wildman–Crippen MR) is 97.6 cm³/mol. The third kappa shape index (κ3) is 2.06. The zero-order valence-electron chi connectivity index (χ0n) is 14.8. The first-order valence-corrected chi connectivity index (χ1v) is 9.57. The average Bonchev–Trinajstić information content (AvgIpc) is 3.08. The van der Waals surface area contributed by atoms with Crippen molar-refractivity contribution < 1.29 is 4.79 Å². The number of hydrogen-bond donors (Lipinski definition) is 1. The SMILES string of the molecule is O=C(N1CCc2c(nc[nH]c2=O)C1)[C@]1(c2ccccc2)CC12CCCC2. The molecule has 0 unspecified atom stereocenters. The van der Waals surface area contributed by atoms with Crippen LogP contribution in [0.3, 0.4) is 0 Å².